The minimum atomic E-state index is -0.299. The number of rotatable bonds is 7. The van der Waals surface area contributed by atoms with Crippen molar-refractivity contribution in [2.75, 3.05) is 7.11 Å². The van der Waals surface area contributed by atoms with Gasteiger partial charge >= 0.3 is 0 Å². The highest BCUT2D eigenvalue weighted by atomic mass is 16.5. The van der Waals surface area contributed by atoms with Crippen molar-refractivity contribution in [1.29, 1.82) is 0 Å². The van der Waals surface area contributed by atoms with Gasteiger partial charge in [0.1, 0.15) is 0 Å². The van der Waals surface area contributed by atoms with Crippen LogP contribution in [0.4, 0.5) is 0 Å². The first-order valence-electron chi connectivity index (χ1n) is 12.3. The van der Waals surface area contributed by atoms with Crippen molar-refractivity contribution in [1.82, 2.24) is 10.6 Å². The van der Waals surface area contributed by atoms with Crippen LogP contribution in [0, 0.1) is 23.2 Å². The van der Waals surface area contributed by atoms with Crippen molar-refractivity contribution in [3.8, 4) is 0 Å². The molecule has 5 heteroatoms. The minimum Gasteiger partial charge on any atom is -0.504 e. The molecule has 0 saturated heterocycles. The van der Waals surface area contributed by atoms with E-state index in [1.165, 1.54) is 11.1 Å². The summed E-state index contributed by atoms with van der Waals surface area (Å²) in [7, 11) is 1.64. The second-order valence-electron chi connectivity index (χ2n) is 9.98. The Morgan fingerprint density at radius 2 is 1.94 bits per heavy atom. The molecule has 4 aliphatic carbocycles. The number of ether oxygens (including phenoxy) is 1. The van der Waals surface area contributed by atoms with Gasteiger partial charge in [-0.2, -0.15) is 0 Å². The molecule has 2 amide bonds. The Morgan fingerprint density at radius 3 is 2.56 bits per heavy atom. The highest BCUT2D eigenvalue weighted by molar-refractivity contribution is 5.88. The summed E-state index contributed by atoms with van der Waals surface area (Å²) < 4.78 is 5.01. The van der Waals surface area contributed by atoms with Gasteiger partial charge in [-0.15, -0.1) is 0 Å². The van der Waals surface area contributed by atoms with Crippen LogP contribution in [-0.2, 0) is 14.3 Å². The predicted molar refractivity (Wildman–Crippen MR) is 135 cm³/mol. The third-order valence-corrected chi connectivity index (χ3v) is 7.54. The molecule has 0 bridgehead atoms. The average Bonchev–Trinajstić information content (AvgIpc) is 3.61. The second-order valence-corrected chi connectivity index (χ2v) is 9.98. The maximum atomic E-state index is 13.4. The third-order valence-electron chi connectivity index (χ3n) is 7.54. The van der Waals surface area contributed by atoms with Gasteiger partial charge in [-0.3, -0.25) is 9.59 Å². The Kier molecular flexibility index (Phi) is 7.11. The van der Waals surface area contributed by atoms with E-state index >= 15 is 0 Å². The molecule has 0 aromatic heterocycles. The highest BCUT2D eigenvalue weighted by Crippen LogP contribution is 2.55. The number of carbonyl (C=O) groups is 2. The summed E-state index contributed by atoms with van der Waals surface area (Å²) in [6, 6.07) is 0. The molecule has 3 unspecified atom stereocenters. The Bertz CT molecular complexity index is 1060. The van der Waals surface area contributed by atoms with E-state index in [4.69, 9.17) is 4.74 Å². The number of allylic oxidation sites excluding steroid dienone is 12. The van der Waals surface area contributed by atoms with Crippen molar-refractivity contribution in [2.45, 2.75) is 52.9 Å². The van der Waals surface area contributed by atoms with E-state index in [0.29, 0.717) is 5.92 Å². The molecule has 4 rings (SSSR count). The fourth-order valence-corrected chi connectivity index (χ4v) is 5.40. The first-order chi connectivity index (χ1) is 16.3. The molecule has 0 heterocycles. The van der Waals surface area contributed by atoms with E-state index in [0.717, 1.165) is 49.1 Å². The number of hydrogen-bond acceptors (Lipinski definition) is 3. The topological polar surface area (TPSA) is 67.4 Å². The summed E-state index contributed by atoms with van der Waals surface area (Å²) in [5.74, 6) is 0.953. The number of methoxy groups -OCH3 is 1. The number of carbonyl (C=O) groups excluding carboxylic acids is 2. The van der Waals surface area contributed by atoms with Gasteiger partial charge < -0.3 is 15.4 Å². The van der Waals surface area contributed by atoms with Gasteiger partial charge in [-0.25, -0.2) is 0 Å². The highest BCUT2D eigenvalue weighted by Gasteiger charge is 2.54. The van der Waals surface area contributed by atoms with Gasteiger partial charge in [0.05, 0.1) is 18.8 Å². The zero-order valence-electron chi connectivity index (χ0n) is 20.7. The first kappa shape index (κ1) is 24.1. The molecular formula is C29H36N2O3. The molecule has 5 nitrogen and oxygen atoms in total. The first-order valence-corrected chi connectivity index (χ1v) is 12.3. The lowest BCUT2D eigenvalue weighted by Gasteiger charge is -2.31. The molecule has 1 saturated carbocycles. The van der Waals surface area contributed by atoms with Crippen LogP contribution in [0.15, 0.2) is 83.0 Å². The van der Waals surface area contributed by atoms with E-state index in [-0.39, 0.29) is 29.1 Å². The molecule has 180 valence electrons. The van der Waals surface area contributed by atoms with E-state index in [1.54, 1.807) is 20.3 Å². The van der Waals surface area contributed by atoms with Crippen LogP contribution in [0.3, 0.4) is 0 Å². The third kappa shape index (κ3) is 5.19. The minimum absolute atomic E-state index is 0.0265. The molecule has 34 heavy (non-hydrogen) atoms. The molecule has 0 spiro atoms. The molecule has 2 N–H and O–H groups in total. The van der Waals surface area contributed by atoms with E-state index in [9.17, 15) is 9.59 Å². The van der Waals surface area contributed by atoms with Crippen LogP contribution in [0.5, 0.6) is 0 Å². The summed E-state index contributed by atoms with van der Waals surface area (Å²) in [5.41, 5.74) is 5.30. The van der Waals surface area contributed by atoms with Crippen LogP contribution < -0.4 is 10.6 Å². The zero-order chi connectivity index (χ0) is 24.3. The van der Waals surface area contributed by atoms with Crippen LogP contribution in [0.25, 0.3) is 0 Å². The lowest BCUT2D eigenvalue weighted by molar-refractivity contribution is -0.126. The average molecular weight is 461 g/mol. The summed E-state index contributed by atoms with van der Waals surface area (Å²) >= 11 is 0. The van der Waals surface area contributed by atoms with Crippen molar-refractivity contribution in [3.63, 3.8) is 0 Å². The SMILES string of the molecule is CO/C=C\C1=CCC(C2(C(=O)NC3=CC(C4=C(C)C=C(NC(C)=O)CC4)C(C)C=C3)CC2)C=C1. The van der Waals surface area contributed by atoms with E-state index in [2.05, 4.69) is 67.0 Å². The fraction of sp³-hybridized carbons (Fsp3) is 0.448. The normalized spacial score (nSPS) is 27.6. The van der Waals surface area contributed by atoms with Crippen molar-refractivity contribution in [2.24, 2.45) is 23.2 Å². The molecule has 0 aliphatic heterocycles. The van der Waals surface area contributed by atoms with Gasteiger partial charge in [0.25, 0.3) is 0 Å². The maximum Gasteiger partial charge on any atom is 0.231 e. The summed E-state index contributed by atoms with van der Waals surface area (Å²) in [4.78, 5) is 24.8. The molecule has 0 aromatic rings. The predicted octanol–water partition coefficient (Wildman–Crippen LogP) is 5.38. The summed E-state index contributed by atoms with van der Waals surface area (Å²) in [6.45, 7) is 5.89. The van der Waals surface area contributed by atoms with Gasteiger partial charge in [-0.1, -0.05) is 42.9 Å². The quantitative estimate of drug-likeness (QED) is 0.501. The summed E-state index contributed by atoms with van der Waals surface area (Å²) in [6.07, 6.45) is 23.1. The van der Waals surface area contributed by atoms with Gasteiger partial charge in [0.2, 0.25) is 11.8 Å². The number of nitrogens with one attached hydrogen (secondary N) is 2. The largest absolute Gasteiger partial charge is 0.504 e. The van der Waals surface area contributed by atoms with Crippen LogP contribution in [0.2, 0.25) is 0 Å². The summed E-state index contributed by atoms with van der Waals surface area (Å²) in [5, 5.41) is 6.19. The van der Waals surface area contributed by atoms with Crippen LogP contribution in [0.1, 0.15) is 52.9 Å². The number of hydrogen-bond donors (Lipinski definition) is 2. The Morgan fingerprint density at radius 1 is 1.15 bits per heavy atom. The van der Waals surface area contributed by atoms with Crippen molar-refractivity contribution >= 4 is 11.8 Å². The van der Waals surface area contributed by atoms with Crippen LogP contribution >= 0.6 is 0 Å². The van der Waals surface area contributed by atoms with Crippen molar-refractivity contribution < 1.29 is 14.3 Å². The fourth-order valence-electron chi connectivity index (χ4n) is 5.40. The standard InChI is InChI=1S/C29H36N2O3/c1-19-5-10-25(18-27(19)26-12-11-24(17-20(26)2)30-21(3)32)31-28(33)29(14-15-29)23-8-6-22(7-9-23)13-16-34-4/h5-8,10,13,16-19,23,27H,9,11-12,14-15H2,1-4H3,(H,30,32)(H,31,33)/b16-13-. The van der Waals surface area contributed by atoms with E-state index in [1.807, 2.05) is 6.08 Å². The van der Waals surface area contributed by atoms with Crippen LogP contribution in [-0.4, -0.2) is 18.9 Å². The Labute approximate surface area is 203 Å². The lowest BCUT2D eigenvalue weighted by atomic mass is 9.77. The Balaban J connectivity index is 1.45. The lowest BCUT2D eigenvalue weighted by Crippen LogP contribution is -2.36. The molecule has 1 fully saturated rings. The monoisotopic (exact) mass is 460 g/mol. The molecule has 0 aromatic carbocycles. The second kappa shape index (κ2) is 10.0. The maximum absolute atomic E-state index is 13.4. The zero-order valence-corrected chi connectivity index (χ0v) is 20.7. The Hall–Kier alpha value is -3.08. The molecule has 4 aliphatic rings. The molecular weight excluding hydrogens is 424 g/mol. The van der Waals surface area contributed by atoms with E-state index < -0.39 is 0 Å². The molecule has 3 atom stereocenters. The van der Waals surface area contributed by atoms with Crippen molar-refractivity contribution in [3.05, 3.63) is 83.0 Å². The number of amides is 2. The van der Waals surface area contributed by atoms with Gasteiger partial charge in [0, 0.05) is 24.2 Å². The molecule has 0 radical (unpaired) electrons. The van der Waals surface area contributed by atoms with Gasteiger partial charge in [0.15, 0.2) is 0 Å². The smallest absolute Gasteiger partial charge is 0.231 e. The van der Waals surface area contributed by atoms with Gasteiger partial charge in [-0.05, 0) is 80.2 Å².